The van der Waals surface area contributed by atoms with E-state index in [0.717, 1.165) is 3.57 Å². The number of rotatable bonds is 3. The Morgan fingerprint density at radius 2 is 1.83 bits per heavy atom. The average Bonchev–Trinajstić information content (AvgIpc) is 2.34. The molecule has 1 atom stereocenters. The van der Waals surface area contributed by atoms with Crippen LogP contribution in [0.15, 0.2) is 42.5 Å². The van der Waals surface area contributed by atoms with Crippen molar-refractivity contribution in [1.29, 1.82) is 0 Å². The van der Waals surface area contributed by atoms with Gasteiger partial charge in [0.15, 0.2) is 11.6 Å². The van der Waals surface area contributed by atoms with Gasteiger partial charge in [-0.15, -0.1) is 0 Å². The quantitative estimate of drug-likeness (QED) is 0.834. The van der Waals surface area contributed by atoms with Gasteiger partial charge in [-0.05, 0) is 59.8 Å². The molecular weight excluding hydrogens is 344 g/mol. The predicted molar refractivity (Wildman–Crippen MR) is 78.2 cm³/mol. The van der Waals surface area contributed by atoms with Crippen molar-refractivity contribution in [2.24, 2.45) is 5.73 Å². The number of benzene rings is 2. The molecule has 0 aliphatic rings. The molecule has 2 aromatic rings. The summed E-state index contributed by atoms with van der Waals surface area (Å²) in [5.74, 6) is 0.402. The van der Waals surface area contributed by atoms with Gasteiger partial charge in [0.1, 0.15) is 5.75 Å². The highest BCUT2D eigenvalue weighted by molar-refractivity contribution is 14.1. The SMILES string of the molecule is C[C@H](N)c1cccc(F)c1Oc1ccc(I)cc1. The van der Waals surface area contributed by atoms with Crippen LogP contribution in [0, 0.1) is 9.39 Å². The van der Waals surface area contributed by atoms with Crippen LogP contribution in [0.4, 0.5) is 4.39 Å². The van der Waals surface area contributed by atoms with Crippen LogP contribution in [-0.4, -0.2) is 0 Å². The number of nitrogens with two attached hydrogens (primary N) is 1. The summed E-state index contributed by atoms with van der Waals surface area (Å²) in [6.45, 7) is 1.80. The fourth-order valence-electron chi connectivity index (χ4n) is 1.61. The summed E-state index contributed by atoms with van der Waals surface area (Å²) in [6, 6.07) is 11.9. The summed E-state index contributed by atoms with van der Waals surface area (Å²) in [5, 5.41) is 0. The Balaban J connectivity index is 2.36. The molecule has 0 radical (unpaired) electrons. The third-order valence-corrected chi connectivity index (χ3v) is 3.24. The van der Waals surface area contributed by atoms with E-state index in [0.29, 0.717) is 11.3 Å². The minimum atomic E-state index is -0.400. The van der Waals surface area contributed by atoms with Crippen LogP contribution in [0.3, 0.4) is 0 Å². The first-order valence-corrected chi connectivity index (χ1v) is 6.63. The summed E-state index contributed by atoms with van der Waals surface area (Å²) < 4.78 is 20.5. The fourth-order valence-corrected chi connectivity index (χ4v) is 1.97. The van der Waals surface area contributed by atoms with E-state index in [1.807, 2.05) is 12.1 Å². The lowest BCUT2D eigenvalue weighted by Crippen LogP contribution is -2.07. The van der Waals surface area contributed by atoms with Gasteiger partial charge in [-0.25, -0.2) is 4.39 Å². The number of hydrogen-bond acceptors (Lipinski definition) is 2. The first-order valence-electron chi connectivity index (χ1n) is 5.55. The molecule has 0 spiro atoms. The van der Waals surface area contributed by atoms with Gasteiger partial charge in [0, 0.05) is 15.2 Å². The van der Waals surface area contributed by atoms with Crippen molar-refractivity contribution in [3.05, 3.63) is 57.4 Å². The topological polar surface area (TPSA) is 35.2 Å². The first-order chi connectivity index (χ1) is 8.58. The van der Waals surface area contributed by atoms with Crippen LogP contribution in [0.1, 0.15) is 18.5 Å². The zero-order valence-electron chi connectivity index (χ0n) is 9.86. The van der Waals surface area contributed by atoms with Crippen molar-refractivity contribution >= 4 is 22.6 Å². The molecule has 0 fully saturated rings. The van der Waals surface area contributed by atoms with Crippen molar-refractivity contribution < 1.29 is 9.13 Å². The van der Waals surface area contributed by atoms with Crippen molar-refractivity contribution in [3.63, 3.8) is 0 Å². The molecule has 0 saturated carbocycles. The molecule has 2 N–H and O–H groups in total. The summed E-state index contributed by atoms with van der Waals surface area (Å²) >= 11 is 2.20. The van der Waals surface area contributed by atoms with Gasteiger partial charge >= 0.3 is 0 Å². The minimum absolute atomic E-state index is 0.203. The van der Waals surface area contributed by atoms with Gasteiger partial charge in [-0.2, -0.15) is 0 Å². The average molecular weight is 357 g/mol. The molecule has 0 saturated heterocycles. The fraction of sp³-hybridized carbons (Fsp3) is 0.143. The molecule has 0 heterocycles. The normalized spacial score (nSPS) is 12.2. The largest absolute Gasteiger partial charge is 0.454 e. The Kier molecular flexibility index (Phi) is 4.19. The van der Waals surface area contributed by atoms with Crippen molar-refractivity contribution in [2.75, 3.05) is 0 Å². The third kappa shape index (κ3) is 3.00. The molecule has 0 amide bonds. The number of hydrogen-bond donors (Lipinski definition) is 1. The van der Waals surface area contributed by atoms with E-state index in [2.05, 4.69) is 22.6 Å². The molecule has 0 aromatic heterocycles. The predicted octanol–water partition coefficient (Wildman–Crippen LogP) is 4.24. The van der Waals surface area contributed by atoms with Crippen LogP contribution in [0.25, 0.3) is 0 Å². The Morgan fingerprint density at radius 1 is 1.17 bits per heavy atom. The highest BCUT2D eigenvalue weighted by Gasteiger charge is 2.13. The Labute approximate surface area is 119 Å². The number of ether oxygens (including phenoxy) is 1. The molecule has 2 aromatic carbocycles. The molecule has 2 rings (SSSR count). The van der Waals surface area contributed by atoms with Crippen LogP contribution >= 0.6 is 22.6 Å². The maximum Gasteiger partial charge on any atom is 0.167 e. The highest BCUT2D eigenvalue weighted by Crippen LogP contribution is 2.31. The van der Waals surface area contributed by atoms with Crippen molar-refractivity contribution in [3.8, 4) is 11.5 Å². The molecule has 4 heteroatoms. The van der Waals surface area contributed by atoms with E-state index in [1.165, 1.54) is 6.07 Å². The minimum Gasteiger partial charge on any atom is -0.454 e. The van der Waals surface area contributed by atoms with Crippen LogP contribution in [0.2, 0.25) is 0 Å². The van der Waals surface area contributed by atoms with Crippen LogP contribution < -0.4 is 10.5 Å². The number of para-hydroxylation sites is 1. The lowest BCUT2D eigenvalue weighted by Gasteiger charge is -2.14. The molecule has 0 aliphatic heterocycles. The zero-order chi connectivity index (χ0) is 13.1. The second kappa shape index (κ2) is 5.67. The standard InChI is InChI=1S/C14H13FINO/c1-9(17)12-3-2-4-13(15)14(12)18-11-7-5-10(16)6-8-11/h2-9H,17H2,1H3/t9-/m0/s1. The molecule has 94 valence electrons. The zero-order valence-corrected chi connectivity index (χ0v) is 12.0. The van der Waals surface area contributed by atoms with E-state index >= 15 is 0 Å². The molecule has 0 bridgehead atoms. The lowest BCUT2D eigenvalue weighted by atomic mass is 10.1. The monoisotopic (exact) mass is 357 g/mol. The summed E-state index contributed by atoms with van der Waals surface area (Å²) in [6.07, 6.45) is 0. The highest BCUT2D eigenvalue weighted by atomic mass is 127. The van der Waals surface area contributed by atoms with Gasteiger partial charge in [-0.3, -0.25) is 0 Å². The second-order valence-electron chi connectivity index (χ2n) is 4.00. The van der Waals surface area contributed by atoms with Gasteiger partial charge < -0.3 is 10.5 Å². The first kappa shape index (κ1) is 13.3. The van der Waals surface area contributed by atoms with Crippen LogP contribution in [0.5, 0.6) is 11.5 Å². The molecular formula is C14H13FINO. The summed E-state index contributed by atoms with van der Waals surface area (Å²) in [4.78, 5) is 0. The Hall–Kier alpha value is -1.14. The van der Waals surface area contributed by atoms with Gasteiger partial charge in [-0.1, -0.05) is 12.1 Å². The Bertz CT molecular complexity index is 540. The van der Waals surface area contributed by atoms with E-state index in [4.69, 9.17) is 10.5 Å². The third-order valence-electron chi connectivity index (χ3n) is 2.52. The van der Waals surface area contributed by atoms with Gasteiger partial charge in [0.25, 0.3) is 0 Å². The molecule has 0 unspecified atom stereocenters. The van der Waals surface area contributed by atoms with Crippen LogP contribution in [-0.2, 0) is 0 Å². The maximum absolute atomic E-state index is 13.8. The maximum atomic E-state index is 13.8. The number of halogens is 2. The molecule has 2 nitrogen and oxygen atoms in total. The second-order valence-corrected chi connectivity index (χ2v) is 5.25. The van der Waals surface area contributed by atoms with Crippen molar-refractivity contribution in [1.82, 2.24) is 0 Å². The van der Waals surface area contributed by atoms with E-state index in [1.54, 1.807) is 31.2 Å². The van der Waals surface area contributed by atoms with E-state index in [-0.39, 0.29) is 11.8 Å². The summed E-state index contributed by atoms with van der Waals surface area (Å²) in [5.41, 5.74) is 6.47. The lowest BCUT2D eigenvalue weighted by molar-refractivity contribution is 0.432. The van der Waals surface area contributed by atoms with E-state index in [9.17, 15) is 4.39 Å². The van der Waals surface area contributed by atoms with Gasteiger partial charge in [0.2, 0.25) is 0 Å². The summed E-state index contributed by atoms with van der Waals surface area (Å²) in [7, 11) is 0. The van der Waals surface area contributed by atoms with E-state index < -0.39 is 5.82 Å². The smallest absolute Gasteiger partial charge is 0.167 e. The molecule has 0 aliphatic carbocycles. The van der Waals surface area contributed by atoms with Crippen molar-refractivity contribution in [2.45, 2.75) is 13.0 Å². The van der Waals surface area contributed by atoms with Gasteiger partial charge in [0.05, 0.1) is 0 Å². The molecule has 18 heavy (non-hydrogen) atoms. The Morgan fingerprint density at radius 3 is 2.44 bits per heavy atom.